The number of anilines is 1. The molecule has 1 atom stereocenters. The van der Waals surface area contributed by atoms with Crippen LogP contribution in [0.2, 0.25) is 0 Å². The lowest BCUT2D eigenvalue weighted by Gasteiger charge is -2.22. The highest BCUT2D eigenvalue weighted by atomic mass is 16.5. The quantitative estimate of drug-likeness (QED) is 0.767. The van der Waals surface area contributed by atoms with Crippen molar-refractivity contribution in [2.24, 2.45) is 5.92 Å². The van der Waals surface area contributed by atoms with Crippen molar-refractivity contribution >= 4 is 17.4 Å². The maximum absolute atomic E-state index is 12.8. The first kappa shape index (κ1) is 18.9. The molecular weight excluding hydrogens is 330 g/mol. The molecule has 2 aliphatic rings. The Kier molecular flexibility index (Phi) is 6.67. The Morgan fingerprint density at radius 3 is 2.58 bits per heavy atom. The second kappa shape index (κ2) is 9.17. The number of amides is 1. The lowest BCUT2D eigenvalue weighted by atomic mass is 9.84. The van der Waals surface area contributed by atoms with E-state index in [1.807, 2.05) is 0 Å². The Morgan fingerprint density at radius 2 is 1.88 bits per heavy atom. The van der Waals surface area contributed by atoms with Crippen LogP contribution >= 0.6 is 0 Å². The number of carbonyl (C=O) groups is 2. The van der Waals surface area contributed by atoms with Crippen LogP contribution in [0.3, 0.4) is 0 Å². The highest BCUT2D eigenvalue weighted by Gasteiger charge is 2.24. The van der Waals surface area contributed by atoms with Gasteiger partial charge in [0.05, 0.1) is 25.3 Å². The van der Waals surface area contributed by atoms with Crippen molar-refractivity contribution in [3.05, 3.63) is 23.8 Å². The van der Waals surface area contributed by atoms with Crippen LogP contribution in [0.25, 0.3) is 0 Å². The van der Waals surface area contributed by atoms with E-state index in [0.29, 0.717) is 23.4 Å². The Bertz CT molecular complexity index is 631. The topological polar surface area (TPSA) is 64.6 Å². The molecule has 1 aliphatic heterocycles. The number of nitrogens with one attached hydrogen (secondary N) is 1. The van der Waals surface area contributed by atoms with Gasteiger partial charge in [-0.1, -0.05) is 19.3 Å². The fraction of sp³-hybridized carbons (Fsp3) is 0.619. The van der Waals surface area contributed by atoms with E-state index in [0.717, 1.165) is 51.6 Å². The minimum absolute atomic E-state index is 0.0122. The molecule has 142 valence electrons. The van der Waals surface area contributed by atoms with Crippen molar-refractivity contribution < 1.29 is 19.1 Å². The van der Waals surface area contributed by atoms with Crippen LogP contribution in [0.15, 0.2) is 18.2 Å². The molecule has 1 aromatic carbocycles. The third-order valence-electron chi connectivity index (χ3n) is 5.42. The molecule has 0 bridgehead atoms. The number of Topliss-reactive ketones (excluding diaryl/α,β-unsaturated/α-hetero) is 1. The summed E-state index contributed by atoms with van der Waals surface area (Å²) < 4.78 is 11.0. The van der Waals surface area contributed by atoms with Gasteiger partial charge in [0, 0.05) is 18.1 Å². The minimum atomic E-state index is -0.0996. The summed E-state index contributed by atoms with van der Waals surface area (Å²) in [6, 6.07) is 5.33. The van der Waals surface area contributed by atoms with Gasteiger partial charge in [0.1, 0.15) is 5.75 Å². The molecule has 3 rings (SSSR count). The van der Waals surface area contributed by atoms with Gasteiger partial charge >= 0.3 is 0 Å². The first-order valence-corrected chi connectivity index (χ1v) is 9.81. The summed E-state index contributed by atoms with van der Waals surface area (Å²) in [5.74, 6) is 0.760. The van der Waals surface area contributed by atoms with Gasteiger partial charge < -0.3 is 14.8 Å². The summed E-state index contributed by atoms with van der Waals surface area (Å²) in [6.07, 6.45) is 8.81. The summed E-state index contributed by atoms with van der Waals surface area (Å²) in [5, 5.41) is 2.91. The van der Waals surface area contributed by atoms with E-state index in [4.69, 9.17) is 9.47 Å². The number of carbonyl (C=O) groups excluding carboxylic acids is 2. The third-order valence-corrected chi connectivity index (χ3v) is 5.42. The Morgan fingerprint density at radius 1 is 1.12 bits per heavy atom. The smallest absolute Gasteiger partial charge is 0.227 e. The Hall–Kier alpha value is -1.88. The van der Waals surface area contributed by atoms with E-state index >= 15 is 0 Å². The van der Waals surface area contributed by atoms with Gasteiger partial charge in [-0.15, -0.1) is 0 Å². The lowest BCUT2D eigenvalue weighted by molar-refractivity contribution is -0.119. The first-order chi connectivity index (χ1) is 12.7. The summed E-state index contributed by atoms with van der Waals surface area (Å²) in [4.78, 5) is 25.2. The van der Waals surface area contributed by atoms with Gasteiger partial charge in [-0.05, 0) is 50.3 Å². The zero-order chi connectivity index (χ0) is 18.4. The number of ether oxygens (including phenoxy) is 2. The van der Waals surface area contributed by atoms with Crippen molar-refractivity contribution in [1.29, 1.82) is 0 Å². The second-order valence-corrected chi connectivity index (χ2v) is 7.36. The van der Waals surface area contributed by atoms with E-state index in [1.54, 1.807) is 25.3 Å². The minimum Gasteiger partial charge on any atom is -0.495 e. The van der Waals surface area contributed by atoms with E-state index in [9.17, 15) is 9.59 Å². The van der Waals surface area contributed by atoms with E-state index in [2.05, 4.69) is 5.32 Å². The van der Waals surface area contributed by atoms with E-state index in [-0.39, 0.29) is 23.7 Å². The average Bonchev–Trinajstić information content (AvgIpc) is 2.68. The maximum Gasteiger partial charge on any atom is 0.227 e. The van der Waals surface area contributed by atoms with E-state index in [1.165, 1.54) is 6.42 Å². The lowest BCUT2D eigenvalue weighted by Crippen LogP contribution is -2.26. The number of ketones is 1. The monoisotopic (exact) mass is 359 g/mol. The van der Waals surface area contributed by atoms with Crippen molar-refractivity contribution in [3.8, 4) is 5.75 Å². The molecule has 1 saturated carbocycles. The summed E-state index contributed by atoms with van der Waals surface area (Å²) >= 11 is 0. The largest absolute Gasteiger partial charge is 0.495 e. The molecule has 1 aliphatic carbocycles. The van der Waals surface area contributed by atoms with Crippen LogP contribution in [-0.4, -0.2) is 31.5 Å². The van der Waals surface area contributed by atoms with Crippen LogP contribution in [0.1, 0.15) is 68.1 Å². The molecule has 2 fully saturated rings. The summed E-state index contributed by atoms with van der Waals surface area (Å²) in [7, 11) is 1.57. The molecule has 5 nitrogen and oxygen atoms in total. The number of hydrogen-bond donors (Lipinski definition) is 1. The van der Waals surface area contributed by atoms with Crippen LogP contribution in [0.5, 0.6) is 5.75 Å². The SMILES string of the molecule is COc1ccc(C(=O)C2CCCCC2)cc1NC(=O)CC1CCCCO1. The second-order valence-electron chi connectivity index (χ2n) is 7.36. The van der Waals surface area contributed by atoms with Crippen molar-refractivity contribution in [3.63, 3.8) is 0 Å². The fourth-order valence-electron chi connectivity index (χ4n) is 3.94. The fourth-order valence-corrected chi connectivity index (χ4v) is 3.94. The predicted octanol–water partition coefficient (Wildman–Crippen LogP) is 4.36. The molecule has 1 amide bonds. The van der Waals surface area contributed by atoms with Gasteiger partial charge in [-0.2, -0.15) is 0 Å². The first-order valence-electron chi connectivity index (χ1n) is 9.81. The molecule has 0 spiro atoms. The summed E-state index contributed by atoms with van der Waals surface area (Å²) in [6.45, 7) is 0.729. The number of hydrogen-bond acceptors (Lipinski definition) is 4. The molecule has 1 heterocycles. The Balaban J connectivity index is 1.68. The normalized spacial score (nSPS) is 21.2. The molecule has 1 N–H and O–H groups in total. The predicted molar refractivity (Wildman–Crippen MR) is 101 cm³/mol. The van der Waals surface area contributed by atoms with Gasteiger partial charge in [0.2, 0.25) is 5.91 Å². The van der Waals surface area contributed by atoms with Gasteiger partial charge in [0.15, 0.2) is 5.78 Å². The number of methoxy groups -OCH3 is 1. The molecule has 0 aromatic heterocycles. The van der Waals surface area contributed by atoms with Crippen LogP contribution in [-0.2, 0) is 9.53 Å². The maximum atomic E-state index is 12.8. The Labute approximate surface area is 155 Å². The molecular formula is C21H29NO4. The standard InChI is InChI=1S/C21H29NO4/c1-25-19-11-10-16(21(24)15-7-3-2-4-8-15)13-18(19)22-20(23)14-17-9-5-6-12-26-17/h10-11,13,15,17H,2-9,12,14H2,1H3,(H,22,23). The van der Waals surface area contributed by atoms with Crippen molar-refractivity contribution in [2.75, 3.05) is 19.0 Å². The van der Waals surface area contributed by atoms with E-state index < -0.39 is 0 Å². The zero-order valence-electron chi connectivity index (χ0n) is 15.6. The van der Waals surface area contributed by atoms with Crippen molar-refractivity contribution in [2.45, 2.75) is 63.9 Å². The van der Waals surface area contributed by atoms with Crippen LogP contribution < -0.4 is 10.1 Å². The van der Waals surface area contributed by atoms with Crippen molar-refractivity contribution in [1.82, 2.24) is 0 Å². The molecule has 1 aromatic rings. The van der Waals surface area contributed by atoms with Crippen LogP contribution in [0.4, 0.5) is 5.69 Å². The third kappa shape index (κ3) is 4.85. The van der Waals surface area contributed by atoms with Gasteiger partial charge in [-0.3, -0.25) is 9.59 Å². The van der Waals surface area contributed by atoms with Gasteiger partial charge in [0.25, 0.3) is 0 Å². The molecule has 26 heavy (non-hydrogen) atoms. The zero-order valence-corrected chi connectivity index (χ0v) is 15.6. The number of rotatable bonds is 6. The average molecular weight is 359 g/mol. The molecule has 5 heteroatoms. The highest BCUT2D eigenvalue weighted by molar-refractivity contribution is 6.00. The molecule has 1 unspecified atom stereocenters. The number of benzene rings is 1. The van der Waals surface area contributed by atoms with Gasteiger partial charge in [-0.25, -0.2) is 0 Å². The summed E-state index contributed by atoms with van der Waals surface area (Å²) in [5.41, 5.74) is 1.22. The highest BCUT2D eigenvalue weighted by Crippen LogP contribution is 2.31. The molecule has 1 saturated heterocycles. The van der Waals surface area contributed by atoms with Crippen LogP contribution in [0, 0.1) is 5.92 Å². The molecule has 0 radical (unpaired) electrons.